The summed E-state index contributed by atoms with van der Waals surface area (Å²) in [6.45, 7) is 2.48. The second-order valence-corrected chi connectivity index (χ2v) is 11.5. The van der Waals surface area contributed by atoms with Crippen LogP contribution in [0.5, 0.6) is 11.5 Å². The summed E-state index contributed by atoms with van der Waals surface area (Å²) < 4.78 is 49.3. The van der Waals surface area contributed by atoms with Gasteiger partial charge in [-0.3, -0.25) is 13.9 Å². The Balaban J connectivity index is 1.71. The third-order valence-electron chi connectivity index (χ3n) is 6.70. The molecular formula is C32H32FN3O5S. The van der Waals surface area contributed by atoms with Gasteiger partial charge in [-0.1, -0.05) is 54.1 Å². The van der Waals surface area contributed by atoms with Crippen molar-refractivity contribution in [3.05, 3.63) is 120 Å². The van der Waals surface area contributed by atoms with E-state index in [1.165, 1.54) is 49.2 Å². The Kier molecular flexibility index (Phi) is 9.59. The molecule has 0 spiro atoms. The van der Waals surface area contributed by atoms with E-state index in [0.29, 0.717) is 11.5 Å². The molecule has 0 aliphatic carbocycles. The number of carbonyl (C=O) groups is 2. The highest BCUT2D eigenvalue weighted by atomic mass is 32.2. The molecule has 0 aliphatic rings. The minimum Gasteiger partial charge on any atom is -0.457 e. The molecule has 0 bridgehead atoms. The lowest BCUT2D eigenvalue weighted by Gasteiger charge is -2.32. The molecule has 0 radical (unpaired) electrons. The molecule has 1 atom stereocenters. The smallest absolute Gasteiger partial charge is 0.264 e. The maximum absolute atomic E-state index is 14.6. The van der Waals surface area contributed by atoms with Crippen LogP contribution in [0, 0.1) is 12.7 Å². The molecule has 0 heterocycles. The number of hydrogen-bond donors (Lipinski definition) is 1. The Labute approximate surface area is 245 Å². The summed E-state index contributed by atoms with van der Waals surface area (Å²) >= 11 is 0. The summed E-state index contributed by atoms with van der Waals surface area (Å²) in [5.41, 5.74) is 1.27. The number of nitrogens with zero attached hydrogens (tertiary/aromatic N) is 2. The van der Waals surface area contributed by atoms with Gasteiger partial charge in [0.2, 0.25) is 11.8 Å². The molecule has 1 N–H and O–H groups in total. The highest BCUT2D eigenvalue weighted by Crippen LogP contribution is 2.29. The number of amides is 2. The van der Waals surface area contributed by atoms with Gasteiger partial charge in [0, 0.05) is 19.2 Å². The van der Waals surface area contributed by atoms with Crippen molar-refractivity contribution >= 4 is 27.5 Å². The number of anilines is 1. The van der Waals surface area contributed by atoms with Crippen LogP contribution in [0.15, 0.2) is 108 Å². The standard InChI is InChI=1S/C32H32FN3O5S/c1-23-13-19-29(20-14-23)42(39,40)36(26-15-17-28(18-16-26)41-27-10-5-4-6-11-27)22-31(37)35(24(2)32(38)34-3)21-25-9-7-8-12-30(25)33/h4-20,24H,21-22H2,1-3H3,(H,34,38)/t24-/m1/s1. The molecule has 218 valence electrons. The Morgan fingerprint density at radius 1 is 0.857 bits per heavy atom. The summed E-state index contributed by atoms with van der Waals surface area (Å²) in [5, 5.41) is 2.50. The van der Waals surface area contributed by atoms with Gasteiger partial charge in [-0.15, -0.1) is 0 Å². The fourth-order valence-electron chi connectivity index (χ4n) is 4.27. The average molecular weight is 590 g/mol. The van der Waals surface area contributed by atoms with Crippen LogP contribution >= 0.6 is 0 Å². The molecule has 8 nitrogen and oxygen atoms in total. The van der Waals surface area contributed by atoms with Crippen molar-refractivity contribution in [2.45, 2.75) is 31.3 Å². The van der Waals surface area contributed by atoms with Crippen LogP contribution in [-0.4, -0.2) is 44.8 Å². The molecule has 0 saturated carbocycles. The predicted molar refractivity (Wildman–Crippen MR) is 159 cm³/mol. The first-order valence-electron chi connectivity index (χ1n) is 13.3. The molecule has 0 saturated heterocycles. The topological polar surface area (TPSA) is 96.0 Å². The summed E-state index contributed by atoms with van der Waals surface area (Å²) in [6, 6.07) is 26.6. The Morgan fingerprint density at radius 3 is 2.07 bits per heavy atom. The molecule has 4 aromatic carbocycles. The molecule has 0 aromatic heterocycles. The molecule has 4 aromatic rings. The normalized spacial score (nSPS) is 11.8. The number of halogens is 1. The summed E-state index contributed by atoms with van der Waals surface area (Å²) in [7, 11) is -2.80. The lowest BCUT2D eigenvalue weighted by atomic mass is 10.1. The van der Waals surface area contributed by atoms with E-state index in [-0.39, 0.29) is 22.7 Å². The second kappa shape index (κ2) is 13.3. The largest absolute Gasteiger partial charge is 0.457 e. The van der Waals surface area contributed by atoms with Gasteiger partial charge in [0.15, 0.2) is 0 Å². The van der Waals surface area contributed by atoms with E-state index in [2.05, 4.69) is 5.32 Å². The van der Waals surface area contributed by atoms with E-state index < -0.39 is 40.2 Å². The molecule has 10 heteroatoms. The maximum atomic E-state index is 14.6. The van der Waals surface area contributed by atoms with Crippen molar-refractivity contribution in [3.8, 4) is 11.5 Å². The van der Waals surface area contributed by atoms with Crippen LogP contribution in [0.4, 0.5) is 10.1 Å². The predicted octanol–water partition coefficient (Wildman–Crippen LogP) is 5.29. The van der Waals surface area contributed by atoms with Crippen molar-refractivity contribution < 1.29 is 27.1 Å². The average Bonchev–Trinajstić information content (AvgIpc) is 2.99. The summed E-state index contributed by atoms with van der Waals surface area (Å²) in [4.78, 5) is 27.6. The first-order valence-corrected chi connectivity index (χ1v) is 14.7. The molecular weight excluding hydrogens is 557 g/mol. The van der Waals surface area contributed by atoms with E-state index >= 15 is 0 Å². The number of benzene rings is 4. The van der Waals surface area contributed by atoms with Crippen LogP contribution in [0.2, 0.25) is 0 Å². The Hall–Kier alpha value is -4.70. The quantitative estimate of drug-likeness (QED) is 0.257. The molecule has 2 amide bonds. The van der Waals surface area contributed by atoms with Gasteiger partial charge in [-0.05, 0) is 68.4 Å². The number of carbonyl (C=O) groups excluding carboxylic acids is 2. The van der Waals surface area contributed by atoms with E-state index in [1.54, 1.807) is 54.6 Å². The highest BCUT2D eigenvalue weighted by Gasteiger charge is 2.32. The highest BCUT2D eigenvalue weighted by molar-refractivity contribution is 7.92. The van der Waals surface area contributed by atoms with Crippen LogP contribution in [0.25, 0.3) is 0 Å². The summed E-state index contributed by atoms with van der Waals surface area (Å²) in [5.74, 6) is -0.628. The van der Waals surface area contributed by atoms with Crippen molar-refractivity contribution in [1.82, 2.24) is 10.2 Å². The van der Waals surface area contributed by atoms with Gasteiger partial charge in [-0.25, -0.2) is 12.8 Å². The third-order valence-corrected chi connectivity index (χ3v) is 8.49. The minimum atomic E-state index is -4.23. The molecule has 4 rings (SSSR count). The zero-order valence-electron chi connectivity index (χ0n) is 23.5. The number of hydrogen-bond acceptors (Lipinski definition) is 5. The van der Waals surface area contributed by atoms with Gasteiger partial charge in [0.1, 0.15) is 29.9 Å². The van der Waals surface area contributed by atoms with Gasteiger partial charge in [-0.2, -0.15) is 0 Å². The van der Waals surface area contributed by atoms with E-state index in [0.717, 1.165) is 9.87 Å². The Bertz CT molecular complexity index is 1630. The number of sulfonamides is 1. The number of nitrogens with one attached hydrogen (secondary N) is 1. The van der Waals surface area contributed by atoms with Crippen LogP contribution in [0.1, 0.15) is 18.1 Å². The lowest BCUT2D eigenvalue weighted by molar-refractivity contribution is -0.139. The van der Waals surface area contributed by atoms with Gasteiger partial charge in [0.25, 0.3) is 10.0 Å². The fourth-order valence-corrected chi connectivity index (χ4v) is 5.69. The zero-order chi connectivity index (χ0) is 30.3. The minimum absolute atomic E-state index is 0.00878. The van der Waals surface area contributed by atoms with Gasteiger partial charge < -0.3 is 15.0 Å². The molecule has 0 aliphatic heterocycles. The van der Waals surface area contributed by atoms with Gasteiger partial charge >= 0.3 is 0 Å². The fraction of sp³-hybridized carbons (Fsp3) is 0.188. The van der Waals surface area contributed by atoms with Crippen LogP contribution < -0.4 is 14.4 Å². The SMILES string of the molecule is CNC(=O)[C@@H](C)N(Cc1ccccc1F)C(=O)CN(c1ccc(Oc2ccccc2)cc1)S(=O)(=O)c1ccc(C)cc1. The van der Waals surface area contributed by atoms with Crippen molar-refractivity contribution in [2.75, 3.05) is 17.9 Å². The van der Waals surface area contributed by atoms with Crippen LogP contribution in [0.3, 0.4) is 0 Å². The number of rotatable bonds is 11. The molecule has 42 heavy (non-hydrogen) atoms. The van der Waals surface area contributed by atoms with E-state index in [9.17, 15) is 22.4 Å². The monoisotopic (exact) mass is 589 g/mol. The summed E-state index contributed by atoms with van der Waals surface area (Å²) in [6.07, 6.45) is 0. The first-order chi connectivity index (χ1) is 20.1. The van der Waals surface area contributed by atoms with Crippen molar-refractivity contribution in [3.63, 3.8) is 0 Å². The third kappa shape index (κ3) is 7.13. The zero-order valence-corrected chi connectivity index (χ0v) is 24.3. The first kappa shape index (κ1) is 30.3. The second-order valence-electron chi connectivity index (χ2n) is 9.64. The van der Waals surface area contributed by atoms with E-state index in [1.807, 2.05) is 25.1 Å². The van der Waals surface area contributed by atoms with Crippen molar-refractivity contribution in [2.24, 2.45) is 0 Å². The number of para-hydroxylation sites is 1. The molecule has 0 fully saturated rings. The van der Waals surface area contributed by atoms with E-state index in [4.69, 9.17) is 4.74 Å². The van der Waals surface area contributed by atoms with Crippen molar-refractivity contribution in [1.29, 1.82) is 0 Å². The van der Waals surface area contributed by atoms with Crippen LogP contribution in [-0.2, 0) is 26.2 Å². The number of likely N-dealkylation sites (N-methyl/N-ethyl adjacent to an activating group) is 1. The lowest BCUT2D eigenvalue weighted by Crippen LogP contribution is -2.50. The maximum Gasteiger partial charge on any atom is 0.264 e. The van der Waals surface area contributed by atoms with Gasteiger partial charge in [0.05, 0.1) is 10.6 Å². The Morgan fingerprint density at radius 2 is 1.45 bits per heavy atom. The molecule has 0 unspecified atom stereocenters. The number of aryl methyl sites for hydroxylation is 1. The number of ether oxygens (including phenoxy) is 1.